The molecular formula is C19H38N2. The van der Waals surface area contributed by atoms with E-state index in [4.69, 9.17) is 11.5 Å². The van der Waals surface area contributed by atoms with Gasteiger partial charge in [0.25, 0.3) is 0 Å². The van der Waals surface area contributed by atoms with Gasteiger partial charge in [-0.3, -0.25) is 0 Å². The minimum Gasteiger partial charge on any atom is -0.328 e. The van der Waals surface area contributed by atoms with E-state index in [0.29, 0.717) is 17.5 Å². The number of hydrogen-bond donors (Lipinski definition) is 2. The van der Waals surface area contributed by atoms with Gasteiger partial charge in [-0.05, 0) is 80.5 Å². The third kappa shape index (κ3) is 3.32. The highest BCUT2D eigenvalue weighted by atomic mass is 14.7. The third-order valence-corrected chi connectivity index (χ3v) is 6.96. The lowest BCUT2D eigenvalue weighted by Gasteiger charge is -2.56. The van der Waals surface area contributed by atoms with E-state index in [1.807, 2.05) is 0 Å². The lowest BCUT2D eigenvalue weighted by molar-refractivity contribution is -0.0652. The van der Waals surface area contributed by atoms with E-state index in [9.17, 15) is 0 Å². The lowest BCUT2D eigenvalue weighted by Crippen LogP contribution is -2.50. The average Bonchev–Trinajstić information content (AvgIpc) is 2.43. The summed E-state index contributed by atoms with van der Waals surface area (Å²) in [6.07, 6.45) is 10.3. The largest absolute Gasteiger partial charge is 0.328 e. The van der Waals surface area contributed by atoms with Gasteiger partial charge < -0.3 is 11.5 Å². The van der Waals surface area contributed by atoms with Crippen LogP contribution in [0.1, 0.15) is 79.1 Å². The van der Waals surface area contributed by atoms with Crippen molar-refractivity contribution >= 4 is 0 Å². The van der Waals surface area contributed by atoms with Crippen molar-refractivity contribution in [2.75, 3.05) is 0 Å². The zero-order valence-corrected chi connectivity index (χ0v) is 14.8. The molecule has 2 rings (SSSR count). The molecule has 124 valence electrons. The van der Waals surface area contributed by atoms with Crippen molar-refractivity contribution in [3.63, 3.8) is 0 Å². The molecule has 2 nitrogen and oxygen atoms in total. The fourth-order valence-electron chi connectivity index (χ4n) is 6.12. The van der Waals surface area contributed by atoms with Crippen LogP contribution in [0.4, 0.5) is 0 Å². The van der Waals surface area contributed by atoms with Crippen molar-refractivity contribution in [3.8, 4) is 0 Å². The van der Waals surface area contributed by atoms with Crippen LogP contribution in [0.2, 0.25) is 0 Å². The summed E-state index contributed by atoms with van der Waals surface area (Å²) in [6.45, 7) is 9.90. The molecule has 0 aromatic heterocycles. The fraction of sp³-hybridized carbons (Fsp3) is 1.00. The summed E-state index contributed by atoms with van der Waals surface area (Å²) >= 11 is 0. The summed E-state index contributed by atoms with van der Waals surface area (Å²) in [7, 11) is 0. The minimum atomic E-state index is 0.457. The quantitative estimate of drug-likeness (QED) is 0.811. The molecule has 0 radical (unpaired) electrons. The maximum absolute atomic E-state index is 6.17. The van der Waals surface area contributed by atoms with Gasteiger partial charge in [-0.15, -0.1) is 0 Å². The molecule has 4 N–H and O–H groups in total. The minimum absolute atomic E-state index is 0.457. The van der Waals surface area contributed by atoms with Crippen LogP contribution in [0.15, 0.2) is 0 Å². The van der Waals surface area contributed by atoms with Crippen LogP contribution >= 0.6 is 0 Å². The summed E-state index contributed by atoms with van der Waals surface area (Å²) in [6, 6.07) is 0.913. The highest BCUT2D eigenvalue weighted by molar-refractivity contribution is 5.00. The van der Waals surface area contributed by atoms with Crippen molar-refractivity contribution in [2.24, 2.45) is 40.6 Å². The molecule has 2 aliphatic carbocycles. The van der Waals surface area contributed by atoms with Gasteiger partial charge in [0.15, 0.2) is 0 Å². The number of hydrogen-bond acceptors (Lipinski definition) is 2. The van der Waals surface area contributed by atoms with Gasteiger partial charge >= 0.3 is 0 Å². The van der Waals surface area contributed by atoms with Gasteiger partial charge in [0, 0.05) is 12.1 Å². The van der Waals surface area contributed by atoms with Gasteiger partial charge in [-0.2, -0.15) is 0 Å². The molecule has 2 fully saturated rings. The Morgan fingerprint density at radius 2 is 0.905 bits per heavy atom. The molecule has 0 saturated heterocycles. The summed E-state index contributed by atoms with van der Waals surface area (Å²) in [5, 5.41) is 0. The maximum atomic E-state index is 6.17. The van der Waals surface area contributed by atoms with Crippen LogP contribution in [-0.4, -0.2) is 12.1 Å². The van der Waals surface area contributed by atoms with Crippen LogP contribution in [0.3, 0.4) is 0 Å². The lowest BCUT2D eigenvalue weighted by atomic mass is 9.49. The van der Waals surface area contributed by atoms with Gasteiger partial charge in [0.05, 0.1) is 0 Å². The van der Waals surface area contributed by atoms with Crippen LogP contribution in [0, 0.1) is 29.1 Å². The first-order valence-corrected chi connectivity index (χ1v) is 9.40. The summed E-state index contributed by atoms with van der Waals surface area (Å²) < 4.78 is 0. The molecule has 0 aliphatic heterocycles. The van der Waals surface area contributed by atoms with E-state index in [-0.39, 0.29) is 0 Å². The first-order chi connectivity index (χ1) is 9.88. The van der Waals surface area contributed by atoms with E-state index in [0.717, 1.165) is 23.7 Å². The smallest absolute Gasteiger partial charge is 0.00390 e. The van der Waals surface area contributed by atoms with E-state index >= 15 is 0 Å². The Kier molecular flexibility index (Phi) is 5.76. The van der Waals surface area contributed by atoms with E-state index in [1.54, 1.807) is 0 Å². The first kappa shape index (κ1) is 17.3. The van der Waals surface area contributed by atoms with Gasteiger partial charge in [-0.25, -0.2) is 0 Å². The zero-order valence-electron chi connectivity index (χ0n) is 14.8. The highest BCUT2D eigenvalue weighted by Gasteiger charge is 2.50. The van der Waals surface area contributed by atoms with E-state index < -0.39 is 0 Å². The fourth-order valence-corrected chi connectivity index (χ4v) is 6.12. The topological polar surface area (TPSA) is 52.0 Å². The molecule has 0 aromatic rings. The molecule has 0 aromatic carbocycles. The molecule has 0 unspecified atom stereocenters. The molecule has 0 atom stereocenters. The normalized spacial score (nSPS) is 35.4. The molecule has 21 heavy (non-hydrogen) atoms. The molecule has 0 bridgehead atoms. The van der Waals surface area contributed by atoms with Crippen LogP contribution in [0.25, 0.3) is 0 Å². The Hall–Kier alpha value is -0.0800. The Labute approximate surface area is 132 Å². The number of nitrogens with two attached hydrogens (primary N) is 2. The van der Waals surface area contributed by atoms with Crippen molar-refractivity contribution in [1.29, 1.82) is 0 Å². The van der Waals surface area contributed by atoms with Gasteiger partial charge in [-0.1, -0.05) is 27.7 Å². The van der Waals surface area contributed by atoms with Gasteiger partial charge in [0.2, 0.25) is 0 Å². The Morgan fingerprint density at radius 1 is 0.619 bits per heavy atom. The Balaban J connectivity index is 2.25. The SMILES string of the molecule is CC(C)C(C(C)C)(C1CCC(N)CC1)C1CCC(N)CC1. The molecule has 0 amide bonds. The monoisotopic (exact) mass is 294 g/mol. The molecular weight excluding hydrogens is 256 g/mol. The first-order valence-electron chi connectivity index (χ1n) is 9.40. The van der Waals surface area contributed by atoms with Crippen LogP contribution in [0.5, 0.6) is 0 Å². The van der Waals surface area contributed by atoms with Crippen molar-refractivity contribution < 1.29 is 0 Å². The van der Waals surface area contributed by atoms with E-state index in [2.05, 4.69) is 27.7 Å². The van der Waals surface area contributed by atoms with Crippen LogP contribution in [-0.2, 0) is 0 Å². The molecule has 0 heterocycles. The number of rotatable bonds is 4. The predicted octanol–water partition coefficient (Wildman–Crippen LogP) is 4.32. The predicted molar refractivity (Wildman–Crippen MR) is 92.0 cm³/mol. The maximum Gasteiger partial charge on any atom is 0.00390 e. The second-order valence-corrected chi connectivity index (χ2v) is 8.53. The molecule has 2 saturated carbocycles. The summed E-state index contributed by atoms with van der Waals surface area (Å²) in [4.78, 5) is 0. The standard InChI is InChI=1S/C19H38N2/c1-13(2)19(14(3)4,15-5-9-17(20)10-6-15)16-7-11-18(21)12-8-16/h13-18H,5-12,20-21H2,1-4H3. The second-order valence-electron chi connectivity index (χ2n) is 8.53. The summed E-state index contributed by atoms with van der Waals surface area (Å²) in [5.41, 5.74) is 12.8. The summed E-state index contributed by atoms with van der Waals surface area (Å²) in [5.74, 6) is 3.26. The van der Waals surface area contributed by atoms with E-state index in [1.165, 1.54) is 51.4 Å². The Morgan fingerprint density at radius 3 is 1.14 bits per heavy atom. The van der Waals surface area contributed by atoms with Crippen molar-refractivity contribution in [1.82, 2.24) is 0 Å². The molecule has 0 spiro atoms. The molecule has 2 aliphatic rings. The Bertz CT molecular complexity index is 276. The van der Waals surface area contributed by atoms with Gasteiger partial charge in [0.1, 0.15) is 0 Å². The third-order valence-electron chi connectivity index (χ3n) is 6.96. The van der Waals surface area contributed by atoms with Crippen molar-refractivity contribution in [2.45, 2.75) is 91.1 Å². The van der Waals surface area contributed by atoms with Crippen molar-refractivity contribution in [3.05, 3.63) is 0 Å². The van der Waals surface area contributed by atoms with Crippen LogP contribution < -0.4 is 11.5 Å². The molecule has 2 heteroatoms. The average molecular weight is 295 g/mol. The highest BCUT2D eigenvalue weighted by Crippen LogP contribution is 2.57. The zero-order chi connectivity index (χ0) is 15.6. The second kappa shape index (κ2) is 7.00.